The number of aliphatic hydroxyl groups is 1. The number of nitrogens with zero attached hydrogens (tertiary/aromatic N) is 1. The predicted octanol–water partition coefficient (Wildman–Crippen LogP) is 3.71. The van der Waals surface area contributed by atoms with Gasteiger partial charge in [-0.25, -0.2) is 0 Å². The molecule has 0 spiro atoms. The maximum Gasteiger partial charge on any atom is 0.126 e. The van der Waals surface area contributed by atoms with Crippen LogP contribution in [0.5, 0.6) is 0 Å². The van der Waals surface area contributed by atoms with Crippen molar-refractivity contribution < 1.29 is 14.3 Å². The molecule has 1 aromatic rings. The topological polar surface area (TPSA) is 29.5 Å². The molecule has 2 saturated carbocycles. The second-order valence-electron chi connectivity index (χ2n) is 9.68. The Hall–Kier alpha value is -0.900. The lowest BCUT2D eigenvalue weighted by molar-refractivity contribution is -0.906. The molecule has 0 radical (unpaired) electrons. The van der Waals surface area contributed by atoms with Gasteiger partial charge in [0.1, 0.15) is 19.2 Å². The Balaban J connectivity index is 1.50. The van der Waals surface area contributed by atoms with Gasteiger partial charge in [0.25, 0.3) is 0 Å². The minimum atomic E-state index is -0.409. The van der Waals surface area contributed by atoms with Crippen molar-refractivity contribution in [3.05, 3.63) is 35.9 Å². The summed E-state index contributed by atoms with van der Waals surface area (Å²) < 4.78 is 7.05. The zero-order valence-corrected chi connectivity index (χ0v) is 16.6. The third kappa shape index (κ3) is 3.94. The second-order valence-corrected chi connectivity index (χ2v) is 9.68. The van der Waals surface area contributed by atoms with E-state index in [0.717, 1.165) is 16.9 Å². The van der Waals surface area contributed by atoms with Gasteiger partial charge in [-0.2, -0.15) is 0 Å². The highest BCUT2D eigenvalue weighted by Gasteiger charge is 2.57. The number of hydrogen-bond donors (Lipinski definition) is 1. The molecular weight excluding hydrogens is 310 g/mol. The van der Waals surface area contributed by atoms with Crippen LogP contribution in [0.15, 0.2) is 30.3 Å². The SMILES string of the molecule is C[C@H]1[C@@H](OC[C@@H](O)C[N+](C)(C)Cc2ccccc2)[C@@H]2CC[C@@H]1C2(C)C. The van der Waals surface area contributed by atoms with E-state index in [2.05, 4.69) is 59.1 Å². The molecule has 2 bridgehead atoms. The van der Waals surface area contributed by atoms with Gasteiger partial charge in [0, 0.05) is 5.56 Å². The van der Waals surface area contributed by atoms with Crippen LogP contribution in [0.1, 0.15) is 39.2 Å². The van der Waals surface area contributed by atoms with Gasteiger partial charge in [-0.3, -0.25) is 0 Å². The Kier molecular flexibility index (Phi) is 5.30. The molecule has 25 heavy (non-hydrogen) atoms. The molecule has 2 aliphatic carbocycles. The first kappa shape index (κ1) is 18.9. The highest BCUT2D eigenvalue weighted by Crippen LogP contribution is 2.60. The van der Waals surface area contributed by atoms with Crippen LogP contribution in [0, 0.1) is 23.2 Å². The average Bonchev–Trinajstić information content (AvgIpc) is 2.91. The summed E-state index contributed by atoms with van der Waals surface area (Å²) in [6, 6.07) is 10.5. The highest BCUT2D eigenvalue weighted by molar-refractivity contribution is 5.13. The Labute approximate surface area is 153 Å². The Morgan fingerprint density at radius 2 is 1.80 bits per heavy atom. The first-order valence-electron chi connectivity index (χ1n) is 9.86. The van der Waals surface area contributed by atoms with Gasteiger partial charge in [0.05, 0.1) is 26.8 Å². The van der Waals surface area contributed by atoms with E-state index in [9.17, 15) is 5.11 Å². The van der Waals surface area contributed by atoms with Crippen molar-refractivity contribution in [2.24, 2.45) is 23.2 Å². The van der Waals surface area contributed by atoms with Gasteiger partial charge in [-0.15, -0.1) is 0 Å². The molecule has 2 aliphatic rings. The predicted molar refractivity (Wildman–Crippen MR) is 102 cm³/mol. The van der Waals surface area contributed by atoms with Crippen LogP contribution in [-0.2, 0) is 11.3 Å². The standard InChI is InChI=1S/C22H36NO2/c1-16-19-11-12-20(22(19,2)3)21(16)25-15-18(24)14-23(4,5)13-17-9-7-6-8-10-17/h6-10,16,18-21,24H,11-15H2,1-5H3/q+1/t16-,18+,19+,20+,21-/m1/s1. The van der Waals surface area contributed by atoms with E-state index < -0.39 is 6.10 Å². The fourth-order valence-corrected chi connectivity index (χ4v) is 5.76. The molecule has 0 aromatic heterocycles. The molecule has 0 heterocycles. The molecule has 3 rings (SSSR count). The van der Waals surface area contributed by atoms with E-state index in [1.165, 1.54) is 18.4 Å². The molecule has 0 aliphatic heterocycles. The summed E-state index contributed by atoms with van der Waals surface area (Å²) in [7, 11) is 4.36. The number of likely N-dealkylation sites (N-methyl/N-ethyl adjacent to an activating group) is 1. The van der Waals surface area contributed by atoms with Crippen molar-refractivity contribution in [3.8, 4) is 0 Å². The van der Waals surface area contributed by atoms with E-state index in [1.54, 1.807) is 0 Å². The van der Waals surface area contributed by atoms with Crippen LogP contribution in [0.2, 0.25) is 0 Å². The van der Waals surface area contributed by atoms with Crippen molar-refractivity contribution in [2.75, 3.05) is 27.2 Å². The first-order chi connectivity index (χ1) is 11.7. The Morgan fingerprint density at radius 3 is 2.40 bits per heavy atom. The molecule has 2 fully saturated rings. The molecule has 1 aromatic carbocycles. The quantitative estimate of drug-likeness (QED) is 0.763. The molecule has 3 nitrogen and oxygen atoms in total. The number of quaternary nitrogens is 1. The number of rotatable bonds is 7. The number of ether oxygens (including phenoxy) is 1. The normalized spacial score (nSPS) is 32.1. The smallest absolute Gasteiger partial charge is 0.126 e. The summed E-state index contributed by atoms with van der Waals surface area (Å²) in [5.74, 6) is 2.06. The van der Waals surface area contributed by atoms with E-state index in [4.69, 9.17) is 4.74 Å². The highest BCUT2D eigenvalue weighted by atomic mass is 16.5. The lowest BCUT2D eigenvalue weighted by Gasteiger charge is -2.33. The van der Waals surface area contributed by atoms with E-state index in [0.29, 0.717) is 36.5 Å². The largest absolute Gasteiger partial charge is 0.385 e. The summed E-state index contributed by atoms with van der Waals surface area (Å²) in [6.45, 7) is 9.27. The maximum atomic E-state index is 10.6. The summed E-state index contributed by atoms with van der Waals surface area (Å²) in [6.07, 6.45) is 2.56. The average molecular weight is 347 g/mol. The molecular formula is C22H36NO2+. The number of benzene rings is 1. The lowest BCUT2D eigenvalue weighted by atomic mass is 9.80. The van der Waals surface area contributed by atoms with Crippen molar-refractivity contribution in [2.45, 2.75) is 52.4 Å². The molecule has 1 N–H and O–H groups in total. The number of aliphatic hydroxyl groups excluding tert-OH is 1. The van der Waals surface area contributed by atoms with Gasteiger partial charge >= 0.3 is 0 Å². The Morgan fingerprint density at radius 1 is 1.16 bits per heavy atom. The van der Waals surface area contributed by atoms with Crippen molar-refractivity contribution in [3.63, 3.8) is 0 Å². The fourth-order valence-electron chi connectivity index (χ4n) is 5.76. The van der Waals surface area contributed by atoms with E-state index in [-0.39, 0.29) is 0 Å². The number of fused-ring (bicyclic) bond motifs is 2. The Bertz CT molecular complexity index is 569. The first-order valence-corrected chi connectivity index (χ1v) is 9.86. The van der Waals surface area contributed by atoms with E-state index in [1.807, 2.05) is 6.07 Å². The zero-order chi connectivity index (χ0) is 18.2. The third-order valence-electron chi connectivity index (χ3n) is 6.89. The maximum absolute atomic E-state index is 10.6. The molecule has 140 valence electrons. The van der Waals surface area contributed by atoms with Gasteiger partial charge in [-0.1, -0.05) is 51.1 Å². The minimum absolute atomic E-state index is 0.327. The summed E-state index contributed by atoms with van der Waals surface area (Å²) in [4.78, 5) is 0. The van der Waals surface area contributed by atoms with E-state index >= 15 is 0 Å². The second kappa shape index (κ2) is 7.02. The molecule has 0 amide bonds. The lowest BCUT2D eigenvalue weighted by Crippen LogP contribution is -2.46. The van der Waals surface area contributed by atoms with Crippen LogP contribution in [0.3, 0.4) is 0 Å². The van der Waals surface area contributed by atoms with Crippen molar-refractivity contribution in [1.82, 2.24) is 0 Å². The third-order valence-corrected chi connectivity index (χ3v) is 6.89. The van der Waals surface area contributed by atoms with Crippen molar-refractivity contribution in [1.29, 1.82) is 0 Å². The molecule has 0 saturated heterocycles. The minimum Gasteiger partial charge on any atom is -0.385 e. The van der Waals surface area contributed by atoms with Gasteiger partial charge in [-0.05, 0) is 36.0 Å². The van der Waals surface area contributed by atoms with Gasteiger partial charge in [0.15, 0.2) is 0 Å². The van der Waals surface area contributed by atoms with Crippen molar-refractivity contribution >= 4 is 0 Å². The molecule has 5 atom stereocenters. The van der Waals surface area contributed by atoms with Crippen LogP contribution < -0.4 is 0 Å². The zero-order valence-electron chi connectivity index (χ0n) is 16.6. The number of hydrogen-bond acceptors (Lipinski definition) is 2. The van der Waals surface area contributed by atoms with Crippen LogP contribution in [-0.4, -0.2) is 49.0 Å². The van der Waals surface area contributed by atoms with Crippen LogP contribution >= 0.6 is 0 Å². The molecule has 0 unspecified atom stereocenters. The fraction of sp³-hybridized carbons (Fsp3) is 0.727. The van der Waals surface area contributed by atoms with Crippen LogP contribution in [0.25, 0.3) is 0 Å². The summed E-state index contributed by atoms with van der Waals surface area (Å²) >= 11 is 0. The van der Waals surface area contributed by atoms with Gasteiger partial charge < -0.3 is 14.3 Å². The monoisotopic (exact) mass is 346 g/mol. The summed E-state index contributed by atoms with van der Waals surface area (Å²) in [5.41, 5.74) is 1.71. The molecule has 3 heteroatoms. The summed E-state index contributed by atoms with van der Waals surface area (Å²) in [5, 5.41) is 10.6. The van der Waals surface area contributed by atoms with Crippen LogP contribution in [0.4, 0.5) is 0 Å². The van der Waals surface area contributed by atoms with Gasteiger partial charge in [0.2, 0.25) is 0 Å².